The summed E-state index contributed by atoms with van der Waals surface area (Å²) in [6.07, 6.45) is 0. The lowest BCUT2D eigenvalue weighted by Crippen LogP contribution is -2.37. The second-order valence-corrected chi connectivity index (χ2v) is 20.8. The third kappa shape index (κ3) is 2.53. The van der Waals surface area contributed by atoms with Crippen LogP contribution in [-0.4, -0.2) is 25.7 Å². The van der Waals surface area contributed by atoms with Crippen molar-refractivity contribution < 1.29 is 0 Å². The molecule has 9 aromatic rings. The summed E-state index contributed by atoms with van der Waals surface area (Å²) in [6, 6.07) is 32.8. The van der Waals surface area contributed by atoms with E-state index in [1.165, 1.54) is 76.2 Å². The third-order valence-corrected chi connectivity index (χ3v) is 13.0. The molecule has 5 aromatic carbocycles. The van der Waals surface area contributed by atoms with E-state index >= 15 is 0 Å². The number of rotatable bonds is 2. The summed E-state index contributed by atoms with van der Waals surface area (Å²) in [4.78, 5) is 0. The van der Waals surface area contributed by atoms with Crippen LogP contribution in [-0.2, 0) is 0 Å². The highest BCUT2D eigenvalue weighted by molar-refractivity contribution is 6.90. The number of hydrogen-bond donors (Lipinski definition) is 0. The van der Waals surface area contributed by atoms with Gasteiger partial charge < -0.3 is 8.80 Å². The molecule has 0 radical (unpaired) electrons. The van der Waals surface area contributed by atoms with Crippen LogP contribution in [0.4, 0.5) is 0 Å². The molecule has 0 N–H and O–H groups in total. The summed E-state index contributed by atoms with van der Waals surface area (Å²) in [7, 11) is -2.55. The molecule has 0 saturated carbocycles. The molecular weight excluding hydrogens is 505 g/mol. The molecule has 0 aliphatic carbocycles. The molecule has 2 nitrogen and oxygen atoms in total. The molecule has 0 saturated heterocycles. The van der Waals surface area contributed by atoms with Crippen LogP contribution < -0.4 is 10.4 Å². The van der Waals surface area contributed by atoms with E-state index in [0.717, 1.165) is 0 Å². The second-order valence-electron chi connectivity index (χ2n) is 12.8. The highest BCUT2D eigenvalue weighted by Crippen LogP contribution is 2.44. The minimum Gasteiger partial charge on any atom is -0.308 e. The van der Waals surface area contributed by atoms with Gasteiger partial charge in [-0.1, -0.05) is 104 Å². The van der Waals surface area contributed by atoms with E-state index in [1.54, 1.807) is 10.4 Å². The van der Waals surface area contributed by atoms with Gasteiger partial charge in [-0.25, -0.2) is 0 Å². The minimum absolute atomic E-state index is 1.01. The summed E-state index contributed by atoms with van der Waals surface area (Å²) in [5.41, 5.74) is 8.12. The predicted molar refractivity (Wildman–Crippen MR) is 177 cm³/mol. The topological polar surface area (TPSA) is 8.82 Å². The molecule has 0 aliphatic rings. The molecule has 0 unspecified atom stereocenters. The van der Waals surface area contributed by atoms with Crippen LogP contribution in [0.15, 0.2) is 84.9 Å². The molecular formula is C35H30N2Si2. The van der Waals surface area contributed by atoms with Gasteiger partial charge in [-0.15, -0.1) is 0 Å². The summed E-state index contributed by atoms with van der Waals surface area (Å²) in [6.45, 7) is 12.3. The standard InChI is InChI=1S/C35H30N2Si2/c1-38(2)30-16-14-20-24-18-29-25(19-28(24)36-26-12-8-6-10-22(26)32(30)34(20)36)21-15-17-31(39(3,4)5)33-23-11-7-9-13-27(23)37(29)35(21)33/h6-19,38H,1-5H3. The van der Waals surface area contributed by atoms with Gasteiger partial charge in [-0.3, -0.25) is 0 Å². The van der Waals surface area contributed by atoms with E-state index in [0.29, 0.717) is 0 Å². The fraction of sp³-hybridized carbons (Fsp3) is 0.143. The van der Waals surface area contributed by atoms with Crippen molar-refractivity contribution in [3.63, 3.8) is 0 Å². The second kappa shape index (κ2) is 7.01. The van der Waals surface area contributed by atoms with Crippen LogP contribution in [0.2, 0.25) is 32.7 Å². The Kier molecular flexibility index (Phi) is 3.95. The van der Waals surface area contributed by atoms with Gasteiger partial charge in [0.15, 0.2) is 0 Å². The first kappa shape index (κ1) is 22.0. The maximum absolute atomic E-state index is 2.57. The van der Waals surface area contributed by atoms with Crippen molar-refractivity contribution >= 4 is 103 Å². The van der Waals surface area contributed by atoms with Crippen LogP contribution in [0.25, 0.3) is 76.2 Å². The average molecular weight is 535 g/mol. The average Bonchev–Trinajstić information content (AvgIpc) is 3.64. The molecule has 4 aromatic heterocycles. The van der Waals surface area contributed by atoms with E-state index in [9.17, 15) is 0 Å². The van der Waals surface area contributed by atoms with Crippen molar-refractivity contribution in [1.82, 2.24) is 8.80 Å². The maximum Gasteiger partial charge on any atom is 0.0785 e. The van der Waals surface area contributed by atoms with E-state index in [4.69, 9.17) is 0 Å². The normalized spacial score (nSPS) is 13.5. The molecule has 4 heteroatoms. The molecule has 9 rings (SSSR count). The van der Waals surface area contributed by atoms with Crippen LogP contribution in [0, 0.1) is 0 Å². The van der Waals surface area contributed by atoms with Gasteiger partial charge >= 0.3 is 0 Å². The van der Waals surface area contributed by atoms with E-state index in [2.05, 4.69) is 126 Å². The van der Waals surface area contributed by atoms with Crippen molar-refractivity contribution in [2.75, 3.05) is 0 Å². The first-order valence-electron chi connectivity index (χ1n) is 14.2. The Bertz CT molecular complexity index is 2450. The monoisotopic (exact) mass is 534 g/mol. The van der Waals surface area contributed by atoms with Gasteiger partial charge in [-0.2, -0.15) is 0 Å². The zero-order chi connectivity index (χ0) is 26.4. The summed E-state index contributed by atoms with van der Waals surface area (Å²) in [5.74, 6) is 0. The summed E-state index contributed by atoms with van der Waals surface area (Å²) >= 11 is 0. The predicted octanol–water partition coefficient (Wildman–Crippen LogP) is 8.23. The number of hydrogen-bond acceptors (Lipinski definition) is 0. The maximum atomic E-state index is 2.57. The molecule has 0 bridgehead atoms. The van der Waals surface area contributed by atoms with Crippen molar-refractivity contribution in [1.29, 1.82) is 0 Å². The fourth-order valence-electron chi connectivity index (χ4n) is 7.64. The van der Waals surface area contributed by atoms with Gasteiger partial charge in [0.05, 0.1) is 50.0 Å². The number of fused-ring (bicyclic) bond motifs is 12. The lowest BCUT2D eigenvalue weighted by atomic mass is 10.0. The van der Waals surface area contributed by atoms with Crippen molar-refractivity contribution in [2.45, 2.75) is 32.7 Å². The molecule has 188 valence electrons. The molecule has 0 spiro atoms. The molecule has 39 heavy (non-hydrogen) atoms. The summed E-state index contributed by atoms with van der Waals surface area (Å²) < 4.78 is 5.13. The molecule has 0 fully saturated rings. The Morgan fingerprint density at radius 2 is 1.03 bits per heavy atom. The largest absolute Gasteiger partial charge is 0.308 e. The van der Waals surface area contributed by atoms with Crippen LogP contribution in [0.1, 0.15) is 0 Å². The van der Waals surface area contributed by atoms with Crippen LogP contribution >= 0.6 is 0 Å². The Morgan fingerprint density at radius 3 is 1.59 bits per heavy atom. The lowest BCUT2D eigenvalue weighted by molar-refractivity contribution is 1.36. The number of aromatic nitrogens is 2. The number of para-hydroxylation sites is 2. The smallest absolute Gasteiger partial charge is 0.0785 e. The third-order valence-electron chi connectivity index (χ3n) is 9.27. The molecule has 0 aliphatic heterocycles. The number of benzene rings is 5. The molecule has 4 heterocycles. The van der Waals surface area contributed by atoms with E-state index < -0.39 is 16.9 Å². The van der Waals surface area contributed by atoms with Crippen molar-refractivity contribution in [3.05, 3.63) is 84.9 Å². The Labute approximate surface area is 229 Å². The Balaban J connectivity index is 1.56. The van der Waals surface area contributed by atoms with Gasteiger partial charge in [0.1, 0.15) is 0 Å². The highest BCUT2D eigenvalue weighted by atomic mass is 28.3. The van der Waals surface area contributed by atoms with Gasteiger partial charge in [-0.05, 0) is 24.3 Å². The first-order chi connectivity index (χ1) is 18.8. The van der Waals surface area contributed by atoms with Gasteiger partial charge in [0.2, 0.25) is 0 Å². The van der Waals surface area contributed by atoms with Crippen molar-refractivity contribution in [2.24, 2.45) is 0 Å². The van der Waals surface area contributed by atoms with Crippen LogP contribution in [0.3, 0.4) is 0 Å². The SMILES string of the molecule is C[SiH](C)c1ccc2c3cc4c(cc3n3c5ccccc5c1c23)c1ccc([Si](C)(C)C)c2c3ccccc3n4c12. The Hall–Kier alpha value is -3.87. The zero-order valence-corrected chi connectivity index (χ0v) is 25.2. The molecule has 0 atom stereocenters. The summed E-state index contributed by atoms with van der Waals surface area (Å²) in [5, 5.41) is 14.4. The minimum atomic E-state index is -1.55. The lowest BCUT2D eigenvalue weighted by Gasteiger charge is -2.18. The Morgan fingerprint density at radius 1 is 0.513 bits per heavy atom. The van der Waals surface area contributed by atoms with Gasteiger partial charge in [0.25, 0.3) is 0 Å². The van der Waals surface area contributed by atoms with Crippen molar-refractivity contribution in [3.8, 4) is 0 Å². The van der Waals surface area contributed by atoms with E-state index in [1.807, 2.05) is 0 Å². The number of nitrogens with zero attached hydrogens (tertiary/aromatic N) is 2. The first-order valence-corrected chi connectivity index (χ1v) is 20.6. The van der Waals surface area contributed by atoms with Crippen LogP contribution in [0.5, 0.6) is 0 Å². The molecule has 0 amide bonds. The highest BCUT2D eigenvalue weighted by Gasteiger charge is 2.27. The zero-order valence-electron chi connectivity index (χ0n) is 23.1. The fourth-order valence-corrected chi connectivity index (χ4v) is 10.6. The van der Waals surface area contributed by atoms with E-state index in [-0.39, 0.29) is 0 Å². The van der Waals surface area contributed by atoms with Gasteiger partial charge in [0, 0.05) is 43.1 Å². The quantitative estimate of drug-likeness (QED) is 0.198.